The van der Waals surface area contributed by atoms with Gasteiger partial charge in [0.25, 0.3) is 15.0 Å². The van der Waals surface area contributed by atoms with Gasteiger partial charge in [-0.25, -0.2) is 12.8 Å². The Hall–Kier alpha value is -0.890. The van der Waals surface area contributed by atoms with Gasteiger partial charge in [0.1, 0.15) is 10.7 Å². The quantitative estimate of drug-likeness (QED) is 0.822. The first-order valence-corrected chi connectivity index (χ1v) is 8.44. The van der Waals surface area contributed by atoms with E-state index in [9.17, 15) is 17.6 Å². The minimum Gasteiger partial charge on any atom is -0.377 e. The highest BCUT2D eigenvalue weighted by Gasteiger charge is 2.23. The molecule has 0 aromatic heterocycles. The molecule has 0 aliphatic carbocycles. The van der Waals surface area contributed by atoms with Crippen LogP contribution in [0.5, 0.6) is 0 Å². The molecule has 1 N–H and O–H groups in total. The van der Waals surface area contributed by atoms with Gasteiger partial charge in [-0.15, -0.1) is 0 Å². The van der Waals surface area contributed by atoms with Crippen molar-refractivity contribution in [1.82, 2.24) is 5.32 Å². The van der Waals surface area contributed by atoms with Gasteiger partial charge in [-0.05, 0) is 26.0 Å². The second-order valence-electron chi connectivity index (χ2n) is 4.85. The molecule has 5 nitrogen and oxygen atoms in total. The lowest BCUT2D eigenvalue weighted by Crippen LogP contribution is -2.40. The van der Waals surface area contributed by atoms with Crippen LogP contribution in [0.1, 0.15) is 24.2 Å². The Kier molecular flexibility index (Phi) is 5.60. The Morgan fingerprint density at radius 3 is 2.48 bits per heavy atom. The van der Waals surface area contributed by atoms with E-state index in [1.807, 2.05) is 0 Å². The number of carbonyl (C=O) groups is 1. The van der Waals surface area contributed by atoms with E-state index in [4.69, 9.17) is 27.0 Å². The minimum absolute atomic E-state index is 0.105. The smallest absolute Gasteiger partial charge is 0.262 e. The van der Waals surface area contributed by atoms with Crippen LogP contribution in [0, 0.1) is 5.82 Å². The lowest BCUT2D eigenvalue weighted by atomic mass is 10.1. The predicted octanol–water partition coefficient (Wildman–Crippen LogP) is 2.56. The first-order chi connectivity index (χ1) is 9.48. The summed E-state index contributed by atoms with van der Waals surface area (Å²) >= 11 is 5.61. The fraction of sp³-hybridized carbons (Fsp3) is 0.417. The topological polar surface area (TPSA) is 72.5 Å². The van der Waals surface area contributed by atoms with Gasteiger partial charge in [-0.3, -0.25) is 4.79 Å². The van der Waals surface area contributed by atoms with Crippen LogP contribution in [0.25, 0.3) is 0 Å². The highest BCUT2D eigenvalue weighted by Crippen LogP contribution is 2.27. The maximum Gasteiger partial charge on any atom is 0.262 e. The number of nitrogens with one attached hydrogen (secondary N) is 1. The summed E-state index contributed by atoms with van der Waals surface area (Å²) in [5.41, 5.74) is -1.12. The fourth-order valence-corrected chi connectivity index (χ4v) is 2.86. The van der Waals surface area contributed by atoms with Crippen LogP contribution in [-0.4, -0.2) is 33.6 Å². The highest BCUT2D eigenvalue weighted by atomic mass is 35.7. The number of benzene rings is 1. The molecule has 1 amide bonds. The molecule has 1 aromatic rings. The van der Waals surface area contributed by atoms with Crippen LogP contribution < -0.4 is 5.32 Å². The van der Waals surface area contributed by atoms with Gasteiger partial charge in [-0.2, -0.15) is 0 Å². The van der Waals surface area contributed by atoms with E-state index in [1.54, 1.807) is 13.8 Å². The lowest BCUT2D eigenvalue weighted by molar-refractivity contribution is 0.0228. The molecule has 0 radical (unpaired) electrons. The van der Waals surface area contributed by atoms with E-state index in [2.05, 4.69) is 5.32 Å². The summed E-state index contributed by atoms with van der Waals surface area (Å²) in [6.07, 6.45) is 0. The molecule has 0 aliphatic heterocycles. The number of rotatable bonds is 5. The van der Waals surface area contributed by atoms with Crippen molar-refractivity contribution in [2.45, 2.75) is 24.3 Å². The molecule has 118 valence electrons. The summed E-state index contributed by atoms with van der Waals surface area (Å²) in [5, 5.41) is 2.05. The van der Waals surface area contributed by atoms with Crippen molar-refractivity contribution in [3.63, 3.8) is 0 Å². The third-order valence-corrected chi connectivity index (χ3v) is 4.54. The SMILES string of the molecule is COC(C)(C)CNC(=O)c1cc(S(=O)(=O)Cl)c(Cl)cc1F. The molecule has 0 spiro atoms. The molecule has 0 saturated carbocycles. The van der Waals surface area contributed by atoms with Crippen LogP contribution >= 0.6 is 22.3 Å². The summed E-state index contributed by atoms with van der Waals surface area (Å²) in [7, 11) is 2.46. The summed E-state index contributed by atoms with van der Waals surface area (Å²) in [5.74, 6) is -1.74. The van der Waals surface area contributed by atoms with Crippen molar-refractivity contribution in [3.05, 3.63) is 28.5 Å². The number of hydrogen-bond acceptors (Lipinski definition) is 4. The molecular formula is C12H14Cl2FNO4S. The average molecular weight is 358 g/mol. The van der Waals surface area contributed by atoms with Crippen LogP contribution in [0.2, 0.25) is 5.02 Å². The second kappa shape index (κ2) is 6.48. The van der Waals surface area contributed by atoms with Crippen molar-refractivity contribution in [2.24, 2.45) is 0 Å². The van der Waals surface area contributed by atoms with Crippen LogP contribution in [0.3, 0.4) is 0 Å². The zero-order chi connectivity index (χ0) is 16.4. The first-order valence-electron chi connectivity index (χ1n) is 5.75. The highest BCUT2D eigenvalue weighted by molar-refractivity contribution is 8.13. The van der Waals surface area contributed by atoms with Crippen molar-refractivity contribution in [3.8, 4) is 0 Å². The fourth-order valence-electron chi connectivity index (χ4n) is 1.35. The van der Waals surface area contributed by atoms with Gasteiger partial charge in [0.15, 0.2) is 0 Å². The molecule has 1 rings (SSSR count). The van der Waals surface area contributed by atoms with Gasteiger partial charge < -0.3 is 10.1 Å². The van der Waals surface area contributed by atoms with E-state index in [-0.39, 0.29) is 6.54 Å². The van der Waals surface area contributed by atoms with Crippen molar-refractivity contribution in [1.29, 1.82) is 0 Å². The van der Waals surface area contributed by atoms with E-state index in [1.165, 1.54) is 7.11 Å². The monoisotopic (exact) mass is 357 g/mol. The predicted molar refractivity (Wildman–Crippen MR) is 77.9 cm³/mol. The molecule has 0 heterocycles. The zero-order valence-corrected chi connectivity index (χ0v) is 13.9. The largest absolute Gasteiger partial charge is 0.377 e. The summed E-state index contributed by atoms with van der Waals surface area (Å²) in [6, 6.07) is 1.53. The van der Waals surface area contributed by atoms with Crippen LogP contribution in [-0.2, 0) is 13.8 Å². The van der Waals surface area contributed by atoms with E-state index in [0.29, 0.717) is 0 Å². The van der Waals surface area contributed by atoms with Crippen molar-refractivity contribution < 1.29 is 22.3 Å². The molecule has 0 aliphatic rings. The molecule has 0 fully saturated rings. The lowest BCUT2D eigenvalue weighted by Gasteiger charge is -2.23. The molecule has 0 atom stereocenters. The maximum absolute atomic E-state index is 13.8. The molecular weight excluding hydrogens is 344 g/mol. The van der Waals surface area contributed by atoms with Gasteiger partial charge in [0.05, 0.1) is 16.2 Å². The normalized spacial score (nSPS) is 12.3. The summed E-state index contributed by atoms with van der Waals surface area (Å²) in [6.45, 7) is 3.55. The number of hydrogen-bond donors (Lipinski definition) is 1. The minimum atomic E-state index is -4.19. The number of ether oxygens (including phenoxy) is 1. The Balaban J connectivity index is 3.11. The number of methoxy groups -OCH3 is 1. The van der Waals surface area contributed by atoms with Crippen LogP contribution in [0.4, 0.5) is 4.39 Å². The standard InChI is InChI=1S/C12H14Cl2FNO4S/c1-12(2,20-3)6-16-11(17)7-4-10(21(14,18)19)8(13)5-9(7)15/h4-5H,6H2,1-3H3,(H,16,17). The van der Waals surface area contributed by atoms with Gasteiger partial charge in [0.2, 0.25) is 0 Å². The number of amides is 1. The number of halogens is 3. The molecule has 21 heavy (non-hydrogen) atoms. The maximum atomic E-state index is 13.8. The van der Waals surface area contributed by atoms with Crippen molar-refractivity contribution in [2.75, 3.05) is 13.7 Å². The molecule has 0 saturated heterocycles. The average Bonchev–Trinajstić information content (AvgIpc) is 2.34. The van der Waals surface area contributed by atoms with Gasteiger partial charge in [0, 0.05) is 24.3 Å². The second-order valence-corrected chi connectivity index (χ2v) is 7.79. The molecule has 0 unspecified atom stereocenters. The summed E-state index contributed by atoms with van der Waals surface area (Å²) in [4.78, 5) is 11.4. The first kappa shape index (κ1) is 18.2. The molecule has 1 aromatic carbocycles. The molecule has 9 heteroatoms. The van der Waals surface area contributed by atoms with E-state index < -0.39 is 41.9 Å². The zero-order valence-electron chi connectivity index (χ0n) is 11.5. The Bertz CT molecular complexity index is 661. The Morgan fingerprint density at radius 2 is 2.00 bits per heavy atom. The third-order valence-electron chi connectivity index (χ3n) is 2.76. The van der Waals surface area contributed by atoms with Crippen molar-refractivity contribution >= 4 is 37.2 Å². The Labute approximate surface area is 131 Å². The van der Waals surface area contributed by atoms with E-state index >= 15 is 0 Å². The molecule has 0 bridgehead atoms. The van der Waals surface area contributed by atoms with Crippen LogP contribution in [0.15, 0.2) is 17.0 Å². The Morgan fingerprint density at radius 1 is 1.43 bits per heavy atom. The summed E-state index contributed by atoms with van der Waals surface area (Å²) < 4.78 is 41.5. The number of carbonyl (C=O) groups excluding carboxylic acids is 1. The van der Waals surface area contributed by atoms with Gasteiger partial charge in [-0.1, -0.05) is 11.6 Å². The van der Waals surface area contributed by atoms with E-state index in [0.717, 1.165) is 12.1 Å². The van der Waals surface area contributed by atoms with Gasteiger partial charge >= 0.3 is 0 Å². The third kappa shape index (κ3) is 4.81.